The fourth-order valence-corrected chi connectivity index (χ4v) is 3.53. The first-order valence-corrected chi connectivity index (χ1v) is 8.76. The van der Waals surface area contributed by atoms with Crippen LogP contribution < -0.4 is 10.0 Å². The van der Waals surface area contributed by atoms with E-state index < -0.39 is 10.0 Å². The predicted octanol–water partition coefficient (Wildman–Crippen LogP) is 1.11. The summed E-state index contributed by atoms with van der Waals surface area (Å²) in [4.78, 5) is 0. The van der Waals surface area contributed by atoms with E-state index in [0.29, 0.717) is 19.0 Å². The highest BCUT2D eigenvalue weighted by Gasteiger charge is 2.35. The van der Waals surface area contributed by atoms with Crippen LogP contribution >= 0.6 is 0 Å². The van der Waals surface area contributed by atoms with Crippen LogP contribution in [-0.2, 0) is 16.6 Å². The van der Waals surface area contributed by atoms with Gasteiger partial charge >= 0.3 is 0 Å². The van der Waals surface area contributed by atoms with Crippen molar-refractivity contribution in [2.75, 3.05) is 6.54 Å². The van der Waals surface area contributed by atoms with Crippen LogP contribution in [0.2, 0.25) is 0 Å². The lowest BCUT2D eigenvalue weighted by atomic mass is 10.2. The first-order valence-electron chi connectivity index (χ1n) is 7.22. The Morgan fingerprint density at radius 3 is 2.80 bits per heavy atom. The summed E-state index contributed by atoms with van der Waals surface area (Å²) >= 11 is 0. The third-order valence-corrected chi connectivity index (χ3v) is 5.66. The molecule has 2 aliphatic carbocycles. The summed E-state index contributed by atoms with van der Waals surface area (Å²) in [5.41, 5.74) is 0.879. The van der Waals surface area contributed by atoms with Gasteiger partial charge < -0.3 is 9.84 Å². The highest BCUT2D eigenvalue weighted by atomic mass is 32.2. The summed E-state index contributed by atoms with van der Waals surface area (Å²) in [5.74, 6) is 1.54. The maximum absolute atomic E-state index is 11.7. The molecule has 20 heavy (non-hydrogen) atoms. The van der Waals surface area contributed by atoms with Gasteiger partial charge in [0.2, 0.25) is 10.0 Å². The standard InChI is InChI=1S/C13H21N3O3S/c1-9(7-15-20(17,18)12-4-5-12)14-8-11-6-13(19-16-11)10-2-3-10/h6,9-10,12,14-15H,2-5,7-8H2,1H3/t9-/m1/s1. The summed E-state index contributed by atoms with van der Waals surface area (Å²) in [6.45, 7) is 2.96. The zero-order valence-corrected chi connectivity index (χ0v) is 12.4. The molecule has 112 valence electrons. The maximum Gasteiger partial charge on any atom is 0.214 e. The molecule has 0 unspecified atom stereocenters. The molecule has 0 aliphatic heterocycles. The van der Waals surface area contributed by atoms with Gasteiger partial charge in [-0.05, 0) is 32.6 Å². The van der Waals surface area contributed by atoms with E-state index in [0.717, 1.165) is 24.3 Å². The molecule has 0 spiro atoms. The van der Waals surface area contributed by atoms with Crippen molar-refractivity contribution in [1.29, 1.82) is 0 Å². The predicted molar refractivity (Wildman–Crippen MR) is 74.7 cm³/mol. The number of rotatable bonds is 8. The maximum atomic E-state index is 11.7. The van der Waals surface area contributed by atoms with Crippen LogP contribution in [0, 0.1) is 0 Å². The second kappa shape index (κ2) is 5.46. The van der Waals surface area contributed by atoms with Crippen molar-refractivity contribution in [2.24, 2.45) is 0 Å². The molecule has 1 atom stereocenters. The van der Waals surface area contributed by atoms with Gasteiger partial charge in [-0.25, -0.2) is 13.1 Å². The second-order valence-electron chi connectivity index (χ2n) is 5.87. The van der Waals surface area contributed by atoms with Crippen LogP contribution in [-0.4, -0.2) is 31.4 Å². The Kier molecular flexibility index (Phi) is 3.83. The number of hydrogen-bond acceptors (Lipinski definition) is 5. The molecular weight excluding hydrogens is 278 g/mol. The van der Waals surface area contributed by atoms with Crippen molar-refractivity contribution < 1.29 is 12.9 Å². The van der Waals surface area contributed by atoms with Crippen LogP contribution in [0.5, 0.6) is 0 Å². The fourth-order valence-electron chi connectivity index (χ4n) is 2.06. The average Bonchev–Trinajstić information content (AvgIpc) is 3.31. The van der Waals surface area contributed by atoms with E-state index in [1.165, 1.54) is 12.8 Å². The van der Waals surface area contributed by atoms with Crippen LogP contribution in [0.3, 0.4) is 0 Å². The largest absolute Gasteiger partial charge is 0.361 e. The number of aromatic nitrogens is 1. The second-order valence-corrected chi connectivity index (χ2v) is 7.92. The average molecular weight is 299 g/mol. The van der Waals surface area contributed by atoms with Crippen molar-refractivity contribution in [3.63, 3.8) is 0 Å². The van der Waals surface area contributed by atoms with Crippen LogP contribution in [0.25, 0.3) is 0 Å². The fraction of sp³-hybridized carbons (Fsp3) is 0.769. The van der Waals surface area contributed by atoms with Crippen LogP contribution in [0.4, 0.5) is 0 Å². The molecule has 1 heterocycles. The highest BCUT2D eigenvalue weighted by molar-refractivity contribution is 7.90. The van der Waals surface area contributed by atoms with E-state index in [-0.39, 0.29) is 11.3 Å². The minimum atomic E-state index is -3.09. The molecule has 0 aromatic carbocycles. The number of nitrogens with zero attached hydrogens (tertiary/aromatic N) is 1. The minimum Gasteiger partial charge on any atom is -0.361 e. The van der Waals surface area contributed by atoms with Gasteiger partial charge in [0.15, 0.2) is 0 Å². The Morgan fingerprint density at radius 2 is 2.15 bits per heavy atom. The van der Waals surface area contributed by atoms with Crippen molar-refractivity contribution in [3.8, 4) is 0 Å². The van der Waals surface area contributed by atoms with Crippen LogP contribution in [0.15, 0.2) is 10.6 Å². The molecule has 2 aliphatic rings. The van der Waals surface area contributed by atoms with E-state index in [1.54, 1.807) is 0 Å². The first kappa shape index (κ1) is 14.0. The minimum absolute atomic E-state index is 0.0598. The molecular formula is C13H21N3O3S. The molecule has 0 bridgehead atoms. The topological polar surface area (TPSA) is 84.2 Å². The molecule has 6 nitrogen and oxygen atoms in total. The molecule has 0 amide bonds. The SMILES string of the molecule is C[C@H](CNS(=O)(=O)C1CC1)NCc1cc(C2CC2)on1. The van der Waals surface area contributed by atoms with Gasteiger partial charge in [0.1, 0.15) is 5.76 Å². The van der Waals surface area contributed by atoms with Gasteiger partial charge in [-0.3, -0.25) is 0 Å². The summed E-state index contributed by atoms with van der Waals surface area (Å²) in [6.07, 6.45) is 3.98. The lowest BCUT2D eigenvalue weighted by molar-refractivity contribution is 0.374. The van der Waals surface area contributed by atoms with Gasteiger partial charge in [0.05, 0.1) is 10.9 Å². The molecule has 7 heteroatoms. The Bertz CT molecular complexity index is 561. The summed E-state index contributed by atoms with van der Waals surface area (Å²) in [5, 5.41) is 7.11. The van der Waals surface area contributed by atoms with Gasteiger partial charge in [-0.1, -0.05) is 5.16 Å². The molecule has 2 fully saturated rings. The number of sulfonamides is 1. The van der Waals surface area contributed by atoms with Crippen LogP contribution in [0.1, 0.15) is 50.0 Å². The van der Waals surface area contributed by atoms with E-state index >= 15 is 0 Å². The molecule has 1 aromatic heterocycles. The molecule has 0 saturated heterocycles. The summed E-state index contributed by atoms with van der Waals surface area (Å²) in [6, 6.07) is 2.05. The van der Waals surface area contributed by atoms with Crippen molar-refractivity contribution in [2.45, 2.75) is 56.4 Å². The van der Waals surface area contributed by atoms with Crippen molar-refractivity contribution in [3.05, 3.63) is 17.5 Å². The Hall–Kier alpha value is -0.920. The molecule has 3 rings (SSSR count). The quantitative estimate of drug-likeness (QED) is 0.751. The summed E-state index contributed by atoms with van der Waals surface area (Å²) in [7, 11) is -3.09. The normalized spacial score (nSPS) is 21.1. The van der Waals surface area contributed by atoms with Gasteiger partial charge in [-0.15, -0.1) is 0 Å². The Morgan fingerprint density at radius 1 is 1.40 bits per heavy atom. The lowest BCUT2D eigenvalue weighted by Crippen LogP contribution is -2.39. The third kappa shape index (κ3) is 3.59. The van der Waals surface area contributed by atoms with Gasteiger partial charge in [-0.2, -0.15) is 0 Å². The molecule has 0 radical (unpaired) electrons. The van der Waals surface area contributed by atoms with Gasteiger partial charge in [0.25, 0.3) is 0 Å². The highest BCUT2D eigenvalue weighted by Crippen LogP contribution is 2.40. The molecule has 2 saturated carbocycles. The number of hydrogen-bond donors (Lipinski definition) is 2. The zero-order chi connectivity index (χ0) is 14.2. The van der Waals surface area contributed by atoms with Crippen molar-refractivity contribution >= 4 is 10.0 Å². The smallest absolute Gasteiger partial charge is 0.214 e. The lowest BCUT2D eigenvalue weighted by Gasteiger charge is -2.13. The number of nitrogens with one attached hydrogen (secondary N) is 2. The molecule has 2 N–H and O–H groups in total. The Labute approximate surface area is 119 Å². The third-order valence-electron chi connectivity index (χ3n) is 3.74. The van der Waals surface area contributed by atoms with E-state index in [1.807, 2.05) is 13.0 Å². The molecule has 1 aromatic rings. The van der Waals surface area contributed by atoms with Crippen molar-refractivity contribution in [1.82, 2.24) is 15.2 Å². The zero-order valence-electron chi connectivity index (χ0n) is 11.6. The van der Waals surface area contributed by atoms with E-state index in [4.69, 9.17) is 4.52 Å². The van der Waals surface area contributed by atoms with Gasteiger partial charge in [0, 0.05) is 31.1 Å². The first-order chi connectivity index (χ1) is 9.54. The van der Waals surface area contributed by atoms with E-state index in [2.05, 4.69) is 15.2 Å². The summed E-state index contributed by atoms with van der Waals surface area (Å²) < 4.78 is 31.3. The monoisotopic (exact) mass is 299 g/mol. The van der Waals surface area contributed by atoms with E-state index in [9.17, 15) is 8.42 Å². The Balaban J connectivity index is 1.40.